The van der Waals surface area contributed by atoms with Gasteiger partial charge in [-0.15, -0.1) is 10.2 Å². The van der Waals surface area contributed by atoms with Crippen molar-refractivity contribution in [2.45, 2.75) is 6.92 Å². The van der Waals surface area contributed by atoms with Crippen molar-refractivity contribution in [2.75, 3.05) is 18.5 Å². The van der Waals surface area contributed by atoms with Gasteiger partial charge in [0.25, 0.3) is 5.91 Å². The summed E-state index contributed by atoms with van der Waals surface area (Å²) in [6.45, 7) is 1.50. The summed E-state index contributed by atoms with van der Waals surface area (Å²) in [5.74, 6) is -0.136. The first-order valence-corrected chi connectivity index (χ1v) is 6.99. The van der Waals surface area contributed by atoms with Gasteiger partial charge in [-0.1, -0.05) is 29.5 Å². The fourth-order valence-electron chi connectivity index (χ4n) is 1.41. The van der Waals surface area contributed by atoms with Gasteiger partial charge in [0, 0.05) is 0 Å². The summed E-state index contributed by atoms with van der Waals surface area (Å²) in [6.07, 6.45) is 0. The monoisotopic (exact) mass is 306 g/mol. The Morgan fingerprint density at radius 1 is 1.19 bits per heavy atom. The molecule has 8 heteroatoms. The number of hydrogen-bond acceptors (Lipinski definition) is 6. The molecule has 0 fully saturated rings. The smallest absolute Gasteiger partial charge is 0.258 e. The summed E-state index contributed by atoms with van der Waals surface area (Å²) in [5.41, 5.74) is 0. The van der Waals surface area contributed by atoms with E-state index in [-0.39, 0.29) is 25.0 Å². The van der Waals surface area contributed by atoms with Crippen LogP contribution in [0.4, 0.5) is 5.13 Å². The molecule has 0 saturated carbocycles. The van der Waals surface area contributed by atoms with Crippen LogP contribution in [0.3, 0.4) is 0 Å². The molecule has 0 aliphatic rings. The second kappa shape index (κ2) is 7.34. The van der Waals surface area contributed by atoms with Gasteiger partial charge in [0.1, 0.15) is 10.8 Å². The molecule has 7 nitrogen and oxygen atoms in total. The summed E-state index contributed by atoms with van der Waals surface area (Å²) < 4.78 is 5.26. The predicted molar refractivity (Wildman–Crippen MR) is 78.2 cm³/mol. The third-order valence-corrected chi connectivity index (χ3v) is 3.09. The highest BCUT2D eigenvalue weighted by atomic mass is 32.1. The first kappa shape index (κ1) is 14.9. The minimum absolute atomic E-state index is 0.143. The largest absolute Gasteiger partial charge is 0.484 e. The highest BCUT2D eigenvalue weighted by Crippen LogP contribution is 2.12. The molecule has 1 aromatic heterocycles. The van der Waals surface area contributed by atoms with E-state index in [4.69, 9.17) is 4.74 Å². The van der Waals surface area contributed by atoms with Crippen LogP contribution in [0.15, 0.2) is 30.3 Å². The van der Waals surface area contributed by atoms with E-state index in [1.165, 1.54) is 11.3 Å². The fraction of sp³-hybridized carbons (Fsp3) is 0.231. The Bertz CT molecular complexity index is 615. The predicted octanol–water partition coefficient (Wildman–Crippen LogP) is 0.980. The molecule has 2 rings (SSSR count). The van der Waals surface area contributed by atoms with E-state index >= 15 is 0 Å². The second-order valence-electron chi connectivity index (χ2n) is 4.05. The molecule has 1 heterocycles. The lowest BCUT2D eigenvalue weighted by molar-refractivity contribution is -0.125. The molecule has 0 saturated heterocycles. The average Bonchev–Trinajstić information content (AvgIpc) is 2.89. The average molecular weight is 306 g/mol. The molecule has 110 valence electrons. The maximum Gasteiger partial charge on any atom is 0.258 e. The molecule has 2 amide bonds. The van der Waals surface area contributed by atoms with Crippen LogP contribution >= 0.6 is 11.3 Å². The summed E-state index contributed by atoms with van der Waals surface area (Å²) in [4.78, 5) is 23.1. The Balaban J connectivity index is 1.67. The molecule has 21 heavy (non-hydrogen) atoms. The Morgan fingerprint density at radius 2 is 1.95 bits per heavy atom. The van der Waals surface area contributed by atoms with Crippen LogP contribution in [0.2, 0.25) is 0 Å². The molecule has 0 radical (unpaired) electrons. The first-order valence-electron chi connectivity index (χ1n) is 6.18. The van der Waals surface area contributed by atoms with Gasteiger partial charge in [0.2, 0.25) is 11.0 Å². The number of carbonyl (C=O) groups excluding carboxylic acids is 2. The van der Waals surface area contributed by atoms with Crippen molar-refractivity contribution in [3.8, 4) is 5.75 Å². The van der Waals surface area contributed by atoms with Crippen molar-refractivity contribution >= 4 is 28.3 Å². The normalized spacial score (nSPS) is 9.95. The molecule has 0 spiro atoms. The molecule has 0 unspecified atom stereocenters. The number of amides is 2. The van der Waals surface area contributed by atoms with Crippen LogP contribution in [0.1, 0.15) is 5.01 Å². The molecule has 0 bridgehead atoms. The van der Waals surface area contributed by atoms with Crippen molar-refractivity contribution in [3.63, 3.8) is 0 Å². The van der Waals surface area contributed by atoms with E-state index in [2.05, 4.69) is 20.8 Å². The summed E-state index contributed by atoms with van der Waals surface area (Å²) >= 11 is 1.27. The zero-order chi connectivity index (χ0) is 15.1. The standard InChI is InChI=1S/C13H14N4O3S/c1-9-16-17-13(21-9)15-11(18)7-14-12(19)8-20-10-5-3-2-4-6-10/h2-6H,7-8H2,1H3,(H,14,19)(H,15,17,18). The van der Waals surface area contributed by atoms with E-state index in [1.807, 2.05) is 18.2 Å². The Morgan fingerprint density at radius 3 is 2.62 bits per heavy atom. The maximum absolute atomic E-state index is 11.6. The Kier molecular flexibility index (Phi) is 5.22. The molecule has 0 aliphatic heterocycles. The number of ether oxygens (including phenoxy) is 1. The number of anilines is 1. The van der Waals surface area contributed by atoms with E-state index < -0.39 is 0 Å². The van der Waals surface area contributed by atoms with Gasteiger partial charge in [-0.05, 0) is 19.1 Å². The number of rotatable bonds is 6. The van der Waals surface area contributed by atoms with E-state index in [0.717, 1.165) is 5.01 Å². The van der Waals surface area contributed by atoms with Gasteiger partial charge in [-0.25, -0.2) is 0 Å². The van der Waals surface area contributed by atoms with E-state index in [9.17, 15) is 9.59 Å². The van der Waals surface area contributed by atoms with E-state index in [1.54, 1.807) is 19.1 Å². The van der Waals surface area contributed by atoms with Crippen LogP contribution in [-0.4, -0.2) is 35.2 Å². The lowest BCUT2D eigenvalue weighted by Crippen LogP contribution is -2.35. The molecule has 0 aliphatic carbocycles. The molecule has 0 atom stereocenters. The summed E-state index contributed by atoms with van der Waals surface area (Å²) in [6, 6.07) is 8.97. The van der Waals surface area contributed by atoms with Crippen molar-refractivity contribution in [2.24, 2.45) is 0 Å². The highest BCUT2D eigenvalue weighted by Gasteiger charge is 2.08. The lowest BCUT2D eigenvalue weighted by Gasteiger charge is -2.06. The number of nitrogens with one attached hydrogen (secondary N) is 2. The molecular formula is C13H14N4O3S. The molecule has 2 N–H and O–H groups in total. The maximum atomic E-state index is 11.6. The van der Waals surface area contributed by atoms with Crippen molar-refractivity contribution in [3.05, 3.63) is 35.3 Å². The van der Waals surface area contributed by atoms with Crippen LogP contribution in [0, 0.1) is 6.92 Å². The molecular weight excluding hydrogens is 292 g/mol. The number of para-hydroxylation sites is 1. The number of hydrogen-bond donors (Lipinski definition) is 2. The number of aryl methyl sites for hydroxylation is 1. The Labute approximate surface area is 125 Å². The van der Waals surface area contributed by atoms with Gasteiger partial charge >= 0.3 is 0 Å². The summed E-state index contributed by atoms with van der Waals surface area (Å²) in [5, 5.41) is 13.7. The van der Waals surface area contributed by atoms with Crippen LogP contribution in [0.25, 0.3) is 0 Å². The quantitative estimate of drug-likeness (QED) is 0.830. The van der Waals surface area contributed by atoms with Gasteiger partial charge < -0.3 is 10.1 Å². The number of carbonyl (C=O) groups is 2. The zero-order valence-electron chi connectivity index (χ0n) is 11.3. The molecule has 1 aromatic carbocycles. The van der Waals surface area contributed by atoms with Crippen molar-refractivity contribution in [1.82, 2.24) is 15.5 Å². The highest BCUT2D eigenvalue weighted by molar-refractivity contribution is 7.15. The summed E-state index contributed by atoms with van der Waals surface area (Å²) in [7, 11) is 0. The fourth-order valence-corrected chi connectivity index (χ4v) is 2.01. The minimum atomic E-state index is -0.373. The van der Waals surface area contributed by atoms with Gasteiger partial charge in [-0.3, -0.25) is 14.9 Å². The van der Waals surface area contributed by atoms with Gasteiger partial charge in [0.05, 0.1) is 6.54 Å². The Hall–Kier alpha value is -2.48. The van der Waals surface area contributed by atoms with Crippen LogP contribution in [0.5, 0.6) is 5.75 Å². The van der Waals surface area contributed by atoms with E-state index in [0.29, 0.717) is 10.9 Å². The van der Waals surface area contributed by atoms with Crippen LogP contribution < -0.4 is 15.4 Å². The number of benzene rings is 1. The third-order valence-electron chi connectivity index (χ3n) is 2.33. The number of nitrogens with zero attached hydrogens (tertiary/aromatic N) is 2. The minimum Gasteiger partial charge on any atom is -0.484 e. The lowest BCUT2D eigenvalue weighted by atomic mass is 10.3. The first-order chi connectivity index (χ1) is 10.1. The van der Waals surface area contributed by atoms with Gasteiger partial charge in [-0.2, -0.15) is 0 Å². The molecule has 2 aromatic rings. The zero-order valence-corrected chi connectivity index (χ0v) is 12.1. The topological polar surface area (TPSA) is 93.2 Å². The van der Waals surface area contributed by atoms with Crippen LogP contribution in [-0.2, 0) is 9.59 Å². The van der Waals surface area contributed by atoms with Crippen molar-refractivity contribution in [1.29, 1.82) is 0 Å². The van der Waals surface area contributed by atoms with Gasteiger partial charge in [0.15, 0.2) is 6.61 Å². The number of aromatic nitrogens is 2. The SMILES string of the molecule is Cc1nnc(NC(=O)CNC(=O)COc2ccccc2)s1. The third kappa shape index (κ3) is 5.19. The van der Waals surface area contributed by atoms with Crippen molar-refractivity contribution < 1.29 is 14.3 Å². The second-order valence-corrected chi connectivity index (χ2v) is 5.23.